The molecule has 0 saturated heterocycles. The highest BCUT2D eigenvalue weighted by molar-refractivity contribution is 7.98. The molecular weight excluding hydrogens is 366 g/mol. The lowest BCUT2D eigenvalue weighted by atomic mass is 9.94. The summed E-state index contributed by atoms with van der Waals surface area (Å²) in [5.74, 6) is 0.321. The molecule has 0 N–H and O–H groups in total. The van der Waals surface area contributed by atoms with Crippen LogP contribution in [0.2, 0.25) is 5.02 Å². The summed E-state index contributed by atoms with van der Waals surface area (Å²) in [6.07, 6.45) is 6.33. The summed E-state index contributed by atoms with van der Waals surface area (Å²) < 4.78 is 5.11. The van der Waals surface area contributed by atoms with Gasteiger partial charge in [-0.1, -0.05) is 35.0 Å². The average Bonchev–Trinajstić information content (AvgIpc) is 3.38. The van der Waals surface area contributed by atoms with Gasteiger partial charge in [0.05, 0.1) is 11.3 Å². The number of carbonyl (C=O) groups excluding carboxylic acids is 1. The van der Waals surface area contributed by atoms with Crippen LogP contribution in [0.25, 0.3) is 0 Å². The minimum Gasteiger partial charge on any atom is -0.364 e. The van der Waals surface area contributed by atoms with Crippen LogP contribution in [-0.2, 0) is 6.42 Å². The highest BCUT2D eigenvalue weighted by Crippen LogP contribution is 2.41. The molecule has 4 rings (SSSR count). The summed E-state index contributed by atoms with van der Waals surface area (Å²) in [5, 5.41) is 4.69. The van der Waals surface area contributed by atoms with E-state index in [0.29, 0.717) is 28.5 Å². The van der Waals surface area contributed by atoms with E-state index in [0.717, 1.165) is 24.1 Å². The van der Waals surface area contributed by atoms with Gasteiger partial charge in [0, 0.05) is 21.4 Å². The fourth-order valence-electron chi connectivity index (χ4n) is 3.20. The Labute approximate surface area is 161 Å². The van der Waals surface area contributed by atoms with Gasteiger partial charge in [0.2, 0.25) is 0 Å². The fourth-order valence-corrected chi connectivity index (χ4v) is 4.01. The third kappa shape index (κ3) is 3.44. The number of ketones is 1. The van der Waals surface area contributed by atoms with Crippen molar-refractivity contribution in [3.8, 4) is 0 Å². The van der Waals surface area contributed by atoms with Crippen molar-refractivity contribution in [3.63, 3.8) is 0 Å². The van der Waals surface area contributed by atoms with E-state index in [1.165, 1.54) is 16.7 Å². The first-order valence-electron chi connectivity index (χ1n) is 8.56. The molecule has 2 aromatic carbocycles. The lowest BCUT2D eigenvalue weighted by Gasteiger charge is -2.12. The molecular formula is C21H18ClNO2S. The second-order valence-electron chi connectivity index (χ2n) is 6.51. The van der Waals surface area contributed by atoms with Crippen LogP contribution in [-0.4, -0.2) is 17.2 Å². The number of thioether (sulfide) groups is 1. The Morgan fingerprint density at radius 3 is 2.77 bits per heavy atom. The minimum atomic E-state index is -0.0403. The molecule has 3 aromatic rings. The summed E-state index contributed by atoms with van der Waals surface area (Å²) in [4.78, 5) is 14.4. The zero-order chi connectivity index (χ0) is 18.1. The number of nitrogens with zero attached hydrogens (tertiary/aromatic N) is 1. The number of aromatic nitrogens is 1. The SMILES string of the molecule is CSc1ccccc1Cc1cc(Cl)ccc1C(=O)c1conc1C1CC1. The van der Waals surface area contributed by atoms with Crippen LogP contribution >= 0.6 is 23.4 Å². The zero-order valence-electron chi connectivity index (χ0n) is 14.4. The van der Waals surface area contributed by atoms with Crippen molar-refractivity contribution >= 4 is 29.1 Å². The van der Waals surface area contributed by atoms with Crippen LogP contribution in [0.3, 0.4) is 0 Å². The van der Waals surface area contributed by atoms with Crippen LogP contribution in [0.4, 0.5) is 0 Å². The van der Waals surface area contributed by atoms with Crippen LogP contribution in [0.15, 0.2) is 58.1 Å². The Morgan fingerprint density at radius 2 is 2.00 bits per heavy atom. The second-order valence-corrected chi connectivity index (χ2v) is 7.79. The molecule has 0 atom stereocenters. The summed E-state index contributed by atoms with van der Waals surface area (Å²) in [6, 6.07) is 13.7. The highest BCUT2D eigenvalue weighted by atomic mass is 35.5. The first-order valence-corrected chi connectivity index (χ1v) is 10.2. The zero-order valence-corrected chi connectivity index (χ0v) is 15.9. The maximum Gasteiger partial charge on any atom is 0.198 e. The Morgan fingerprint density at radius 1 is 1.19 bits per heavy atom. The molecule has 5 heteroatoms. The molecule has 0 bridgehead atoms. The van der Waals surface area contributed by atoms with Gasteiger partial charge in [0.25, 0.3) is 0 Å². The predicted octanol–water partition coefficient (Wildman–Crippen LogP) is 5.75. The number of hydrogen-bond acceptors (Lipinski definition) is 4. The molecule has 1 saturated carbocycles. The van der Waals surface area contributed by atoms with E-state index in [2.05, 4.69) is 23.5 Å². The summed E-state index contributed by atoms with van der Waals surface area (Å²) in [7, 11) is 0. The maximum atomic E-state index is 13.2. The molecule has 26 heavy (non-hydrogen) atoms. The monoisotopic (exact) mass is 383 g/mol. The first kappa shape index (κ1) is 17.4. The van der Waals surface area contributed by atoms with E-state index in [1.54, 1.807) is 17.8 Å². The van der Waals surface area contributed by atoms with E-state index in [4.69, 9.17) is 16.1 Å². The minimum absolute atomic E-state index is 0.0403. The molecule has 1 aliphatic carbocycles. The van der Waals surface area contributed by atoms with E-state index in [1.807, 2.05) is 24.3 Å². The Bertz CT molecular complexity index is 962. The van der Waals surface area contributed by atoms with Gasteiger partial charge in [-0.25, -0.2) is 0 Å². The molecule has 1 fully saturated rings. The number of benzene rings is 2. The van der Waals surface area contributed by atoms with Crippen LogP contribution < -0.4 is 0 Å². The third-order valence-corrected chi connectivity index (χ3v) is 5.76. The number of hydrogen-bond donors (Lipinski definition) is 0. The Balaban J connectivity index is 1.73. The molecule has 132 valence electrons. The lowest BCUT2D eigenvalue weighted by Crippen LogP contribution is -2.08. The van der Waals surface area contributed by atoms with Gasteiger partial charge in [0.15, 0.2) is 5.78 Å². The topological polar surface area (TPSA) is 43.1 Å². The van der Waals surface area contributed by atoms with Crippen LogP contribution in [0, 0.1) is 0 Å². The maximum absolute atomic E-state index is 13.2. The smallest absolute Gasteiger partial charge is 0.198 e. The molecule has 1 aliphatic rings. The summed E-state index contributed by atoms with van der Waals surface area (Å²) >= 11 is 7.93. The largest absolute Gasteiger partial charge is 0.364 e. The van der Waals surface area contributed by atoms with Gasteiger partial charge in [0.1, 0.15) is 6.26 Å². The average molecular weight is 384 g/mol. The Kier molecular flexibility index (Phi) is 4.88. The quantitative estimate of drug-likeness (QED) is 0.401. The van der Waals surface area contributed by atoms with Gasteiger partial charge in [-0.05, 0) is 60.9 Å². The molecule has 0 unspecified atom stereocenters. The standard InChI is InChI=1S/C21H18ClNO2S/c1-26-19-5-3-2-4-14(19)10-15-11-16(22)8-9-17(15)21(24)18-12-25-23-20(18)13-6-7-13/h2-5,8-9,11-13H,6-7,10H2,1H3. The van der Waals surface area contributed by atoms with Crippen molar-refractivity contribution in [1.82, 2.24) is 5.16 Å². The van der Waals surface area contributed by atoms with Crippen LogP contribution in [0.1, 0.15) is 51.5 Å². The molecule has 0 radical (unpaired) electrons. The molecule has 0 amide bonds. The van der Waals surface area contributed by atoms with Gasteiger partial charge in [-0.2, -0.15) is 0 Å². The summed E-state index contributed by atoms with van der Waals surface area (Å²) in [6.45, 7) is 0. The van der Waals surface area contributed by atoms with Gasteiger partial charge < -0.3 is 4.52 Å². The van der Waals surface area contributed by atoms with Crippen molar-refractivity contribution in [3.05, 3.63) is 81.7 Å². The van der Waals surface area contributed by atoms with E-state index in [9.17, 15) is 4.79 Å². The summed E-state index contributed by atoms with van der Waals surface area (Å²) in [5.41, 5.74) is 4.14. The predicted molar refractivity (Wildman–Crippen MR) is 104 cm³/mol. The van der Waals surface area contributed by atoms with Gasteiger partial charge >= 0.3 is 0 Å². The number of halogens is 1. The Hall–Kier alpha value is -2.04. The second kappa shape index (κ2) is 7.29. The third-order valence-electron chi connectivity index (χ3n) is 4.69. The van der Waals surface area contributed by atoms with Gasteiger partial charge in [-0.15, -0.1) is 11.8 Å². The van der Waals surface area contributed by atoms with E-state index < -0.39 is 0 Å². The normalized spacial score (nSPS) is 13.8. The molecule has 3 nitrogen and oxygen atoms in total. The number of rotatable bonds is 6. The lowest BCUT2D eigenvalue weighted by molar-refractivity contribution is 0.103. The first-order chi connectivity index (χ1) is 12.7. The van der Waals surface area contributed by atoms with Gasteiger partial charge in [-0.3, -0.25) is 4.79 Å². The number of carbonyl (C=O) groups is 1. The highest BCUT2D eigenvalue weighted by Gasteiger charge is 2.32. The van der Waals surface area contributed by atoms with Crippen molar-refractivity contribution in [2.45, 2.75) is 30.1 Å². The molecule has 0 spiro atoms. The van der Waals surface area contributed by atoms with Crippen LogP contribution in [0.5, 0.6) is 0 Å². The fraction of sp³-hybridized carbons (Fsp3) is 0.238. The van der Waals surface area contributed by atoms with Crippen molar-refractivity contribution in [1.29, 1.82) is 0 Å². The molecule has 1 heterocycles. The van der Waals surface area contributed by atoms with Crippen molar-refractivity contribution < 1.29 is 9.32 Å². The molecule has 0 aliphatic heterocycles. The van der Waals surface area contributed by atoms with Crippen molar-refractivity contribution in [2.75, 3.05) is 6.26 Å². The van der Waals surface area contributed by atoms with Crippen molar-refractivity contribution in [2.24, 2.45) is 0 Å². The van der Waals surface area contributed by atoms with E-state index >= 15 is 0 Å². The van der Waals surface area contributed by atoms with E-state index in [-0.39, 0.29) is 5.78 Å². The molecule has 1 aromatic heterocycles.